The summed E-state index contributed by atoms with van der Waals surface area (Å²) in [4.78, 5) is 0. The fourth-order valence-electron chi connectivity index (χ4n) is 2.12. The van der Waals surface area contributed by atoms with Crippen LogP contribution in [-0.4, -0.2) is 14.8 Å². The molecule has 1 aliphatic carbocycles. The van der Waals surface area contributed by atoms with E-state index in [1.165, 1.54) is 0 Å². The maximum Gasteiger partial charge on any atom is 0.171 e. The van der Waals surface area contributed by atoms with Gasteiger partial charge in [0.2, 0.25) is 0 Å². The molecule has 0 N–H and O–H groups in total. The van der Waals surface area contributed by atoms with Crippen molar-refractivity contribution in [1.82, 2.24) is 14.8 Å². The van der Waals surface area contributed by atoms with Crippen molar-refractivity contribution in [3.05, 3.63) is 39.9 Å². The van der Waals surface area contributed by atoms with Gasteiger partial charge in [0.05, 0.1) is 4.47 Å². The Morgan fingerprint density at radius 1 is 1.35 bits per heavy atom. The molecule has 0 radical (unpaired) electrons. The Bertz CT molecular complexity index is 632. The Morgan fingerprint density at radius 3 is 2.75 bits per heavy atom. The van der Waals surface area contributed by atoms with Crippen molar-refractivity contribution in [3.8, 4) is 5.75 Å². The predicted molar refractivity (Wildman–Crippen MR) is 71.4 cm³/mol. The van der Waals surface area contributed by atoms with Crippen LogP contribution < -0.4 is 4.74 Å². The van der Waals surface area contributed by atoms with E-state index < -0.39 is 11.6 Å². The molecule has 1 fully saturated rings. The summed E-state index contributed by atoms with van der Waals surface area (Å²) in [6.07, 6.45) is 2.20. The molecule has 0 spiro atoms. The highest BCUT2D eigenvalue weighted by Gasteiger charge is 2.28. The molecule has 4 nitrogen and oxygen atoms in total. The average Bonchev–Trinajstić information content (AvgIpc) is 3.13. The predicted octanol–water partition coefficient (Wildman–Crippen LogP) is 3.54. The number of aromatic nitrogens is 3. The molecule has 1 saturated carbocycles. The molecule has 0 atom stereocenters. The lowest BCUT2D eigenvalue weighted by Crippen LogP contribution is -2.08. The highest BCUT2D eigenvalue weighted by molar-refractivity contribution is 9.10. The SMILES string of the molecule is Cc1nnc(COc2c(F)cc(F)cc2Br)n1C1CC1. The monoisotopic (exact) mass is 343 g/mol. The van der Waals surface area contributed by atoms with Gasteiger partial charge in [0, 0.05) is 12.1 Å². The van der Waals surface area contributed by atoms with E-state index in [4.69, 9.17) is 4.74 Å². The molecule has 0 saturated heterocycles. The summed E-state index contributed by atoms with van der Waals surface area (Å²) in [6.45, 7) is 1.97. The van der Waals surface area contributed by atoms with Gasteiger partial charge in [0.25, 0.3) is 0 Å². The number of rotatable bonds is 4. The summed E-state index contributed by atoms with van der Waals surface area (Å²) in [7, 11) is 0. The van der Waals surface area contributed by atoms with E-state index in [9.17, 15) is 8.78 Å². The number of hydrogen-bond acceptors (Lipinski definition) is 3. The van der Waals surface area contributed by atoms with Crippen molar-refractivity contribution >= 4 is 15.9 Å². The summed E-state index contributed by atoms with van der Waals surface area (Å²) in [6, 6.07) is 2.37. The molecular weight excluding hydrogens is 332 g/mol. The van der Waals surface area contributed by atoms with Crippen LogP contribution >= 0.6 is 15.9 Å². The first kappa shape index (κ1) is 13.5. The number of aryl methyl sites for hydroxylation is 1. The van der Waals surface area contributed by atoms with Crippen molar-refractivity contribution in [3.63, 3.8) is 0 Å². The highest BCUT2D eigenvalue weighted by Crippen LogP contribution is 2.37. The van der Waals surface area contributed by atoms with E-state index in [2.05, 4.69) is 26.1 Å². The summed E-state index contributed by atoms with van der Waals surface area (Å²) < 4.78 is 34.3. The number of nitrogens with zero attached hydrogens (tertiary/aromatic N) is 3. The molecule has 1 aromatic carbocycles. The zero-order valence-electron chi connectivity index (χ0n) is 10.7. The Hall–Kier alpha value is -1.50. The van der Waals surface area contributed by atoms with Crippen molar-refractivity contribution in [2.75, 3.05) is 0 Å². The van der Waals surface area contributed by atoms with Gasteiger partial charge in [-0.15, -0.1) is 10.2 Å². The van der Waals surface area contributed by atoms with Crippen molar-refractivity contribution in [2.45, 2.75) is 32.4 Å². The minimum Gasteiger partial charge on any atom is -0.481 e. The number of ether oxygens (including phenoxy) is 1. The molecule has 7 heteroatoms. The Balaban J connectivity index is 1.80. The lowest BCUT2D eigenvalue weighted by atomic mass is 10.3. The fourth-order valence-corrected chi connectivity index (χ4v) is 2.65. The van der Waals surface area contributed by atoms with Crippen LogP contribution in [0.1, 0.15) is 30.5 Å². The van der Waals surface area contributed by atoms with Crippen LogP contribution in [0.15, 0.2) is 16.6 Å². The summed E-state index contributed by atoms with van der Waals surface area (Å²) in [5, 5.41) is 8.06. The molecular formula is C13H12BrF2N3O. The first-order valence-electron chi connectivity index (χ1n) is 6.24. The van der Waals surface area contributed by atoms with Crippen LogP contribution in [0.5, 0.6) is 5.75 Å². The molecule has 0 aliphatic heterocycles. The molecule has 1 aromatic heterocycles. The summed E-state index contributed by atoms with van der Waals surface area (Å²) >= 11 is 3.09. The van der Waals surface area contributed by atoms with E-state index in [-0.39, 0.29) is 16.8 Å². The second-order valence-corrected chi connectivity index (χ2v) is 5.61. The van der Waals surface area contributed by atoms with Gasteiger partial charge in [-0.05, 0) is 41.8 Å². The molecule has 2 aromatic rings. The van der Waals surface area contributed by atoms with E-state index in [1.54, 1.807) is 0 Å². The van der Waals surface area contributed by atoms with Crippen molar-refractivity contribution in [2.24, 2.45) is 0 Å². The van der Waals surface area contributed by atoms with Crippen LogP contribution in [0.4, 0.5) is 8.78 Å². The largest absolute Gasteiger partial charge is 0.481 e. The van der Waals surface area contributed by atoms with E-state index in [0.717, 1.165) is 30.8 Å². The van der Waals surface area contributed by atoms with Crippen LogP contribution in [0.3, 0.4) is 0 Å². The Morgan fingerprint density at radius 2 is 2.10 bits per heavy atom. The average molecular weight is 344 g/mol. The van der Waals surface area contributed by atoms with Crippen LogP contribution in [0.2, 0.25) is 0 Å². The molecule has 1 heterocycles. The van der Waals surface area contributed by atoms with Gasteiger partial charge >= 0.3 is 0 Å². The third-order valence-electron chi connectivity index (χ3n) is 3.16. The second-order valence-electron chi connectivity index (χ2n) is 4.75. The number of hydrogen-bond donors (Lipinski definition) is 0. The minimum absolute atomic E-state index is 0.0191. The molecule has 3 rings (SSSR count). The summed E-state index contributed by atoms with van der Waals surface area (Å²) in [5.41, 5.74) is 0. The van der Waals surface area contributed by atoms with E-state index >= 15 is 0 Å². The summed E-state index contributed by atoms with van der Waals surface area (Å²) in [5.74, 6) is 0.0598. The van der Waals surface area contributed by atoms with E-state index in [0.29, 0.717) is 11.9 Å². The van der Waals surface area contributed by atoms with Crippen molar-refractivity contribution in [1.29, 1.82) is 0 Å². The molecule has 0 bridgehead atoms. The van der Waals surface area contributed by atoms with Gasteiger partial charge in [-0.25, -0.2) is 8.78 Å². The zero-order chi connectivity index (χ0) is 14.3. The van der Waals surface area contributed by atoms with Crippen LogP contribution in [-0.2, 0) is 6.61 Å². The topological polar surface area (TPSA) is 39.9 Å². The highest BCUT2D eigenvalue weighted by atomic mass is 79.9. The Kier molecular flexibility index (Phi) is 3.45. The van der Waals surface area contributed by atoms with E-state index in [1.807, 2.05) is 11.5 Å². The maximum absolute atomic E-state index is 13.7. The first-order valence-corrected chi connectivity index (χ1v) is 7.03. The number of benzene rings is 1. The maximum atomic E-state index is 13.7. The lowest BCUT2D eigenvalue weighted by molar-refractivity contribution is 0.272. The van der Waals surface area contributed by atoms with Gasteiger partial charge in [0.15, 0.2) is 17.4 Å². The van der Waals surface area contributed by atoms with Gasteiger partial charge < -0.3 is 9.30 Å². The quantitative estimate of drug-likeness (QED) is 0.852. The van der Waals surface area contributed by atoms with Gasteiger partial charge in [0.1, 0.15) is 18.2 Å². The van der Waals surface area contributed by atoms with Gasteiger partial charge in [-0.3, -0.25) is 0 Å². The first-order chi connectivity index (χ1) is 9.56. The third kappa shape index (κ3) is 2.54. The lowest BCUT2D eigenvalue weighted by Gasteiger charge is -2.10. The van der Waals surface area contributed by atoms with Crippen LogP contribution in [0, 0.1) is 18.6 Å². The van der Waals surface area contributed by atoms with Crippen molar-refractivity contribution < 1.29 is 13.5 Å². The molecule has 106 valence electrons. The normalized spacial score (nSPS) is 14.6. The second kappa shape index (κ2) is 5.12. The number of halogens is 3. The molecule has 0 amide bonds. The molecule has 1 aliphatic rings. The minimum atomic E-state index is -0.744. The molecule has 20 heavy (non-hydrogen) atoms. The van der Waals surface area contributed by atoms with Crippen LogP contribution in [0.25, 0.3) is 0 Å². The third-order valence-corrected chi connectivity index (χ3v) is 3.75. The zero-order valence-corrected chi connectivity index (χ0v) is 12.3. The standard InChI is InChI=1S/C13H12BrF2N3O/c1-7-17-18-12(19(7)9-2-3-9)6-20-13-10(14)4-8(15)5-11(13)16/h4-5,9H,2-3,6H2,1H3. The van der Waals surface area contributed by atoms with Gasteiger partial charge in [-0.1, -0.05) is 0 Å². The fraction of sp³-hybridized carbons (Fsp3) is 0.385. The smallest absolute Gasteiger partial charge is 0.171 e. The molecule has 0 unspecified atom stereocenters. The Labute approximate surface area is 122 Å². The van der Waals surface area contributed by atoms with Gasteiger partial charge in [-0.2, -0.15) is 0 Å².